The molecule has 0 spiro atoms. The Morgan fingerprint density at radius 1 is 0.964 bits per heavy atom. The van der Waals surface area contributed by atoms with Gasteiger partial charge in [-0.1, -0.05) is 12.1 Å². The number of anilines is 1. The van der Waals surface area contributed by atoms with Crippen molar-refractivity contribution in [2.45, 2.75) is 0 Å². The number of rotatable bonds is 6. The summed E-state index contributed by atoms with van der Waals surface area (Å²) >= 11 is 0. The van der Waals surface area contributed by atoms with E-state index >= 15 is 0 Å². The number of aromatic nitrogens is 1. The lowest BCUT2D eigenvalue weighted by molar-refractivity contribution is 0.0954. The van der Waals surface area contributed by atoms with Crippen LogP contribution in [0.3, 0.4) is 0 Å². The number of pyridine rings is 1. The molecule has 0 saturated carbocycles. The Morgan fingerprint density at radius 3 is 2.36 bits per heavy atom. The first kappa shape index (κ1) is 18.8. The van der Waals surface area contributed by atoms with Gasteiger partial charge in [0.05, 0.1) is 18.9 Å². The molecule has 0 unspecified atom stereocenters. The Kier molecular flexibility index (Phi) is 6.10. The largest absolute Gasteiger partial charge is 0.497 e. The van der Waals surface area contributed by atoms with E-state index in [0.717, 1.165) is 11.3 Å². The summed E-state index contributed by atoms with van der Waals surface area (Å²) in [7, 11) is 1.59. The van der Waals surface area contributed by atoms with Gasteiger partial charge < -0.3 is 10.1 Å². The van der Waals surface area contributed by atoms with E-state index in [1.165, 1.54) is 12.4 Å². The second-order valence-corrected chi connectivity index (χ2v) is 5.75. The molecule has 7 nitrogen and oxygen atoms in total. The Hall–Kier alpha value is -4.00. The van der Waals surface area contributed by atoms with Gasteiger partial charge in [0.2, 0.25) is 0 Å². The molecule has 0 aliphatic rings. The minimum Gasteiger partial charge on any atom is -0.497 e. The highest BCUT2D eigenvalue weighted by Gasteiger charge is 2.06. The number of amides is 2. The second kappa shape index (κ2) is 9.09. The van der Waals surface area contributed by atoms with Crippen LogP contribution in [-0.4, -0.2) is 30.1 Å². The zero-order valence-electron chi connectivity index (χ0n) is 15.1. The van der Waals surface area contributed by atoms with Crippen LogP contribution < -0.4 is 15.5 Å². The molecule has 3 aromatic rings. The summed E-state index contributed by atoms with van der Waals surface area (Å²) < 4.78 is 5.09. The van der Waals surface area contributed by atoms with Crippen LogP contribution >= 0.6 is 0 Å². The smallest absolute Gasteiger partial charge is 0.272 e. The molecule has 1 heterocycles. The van der Waals surface area contributed by atoms with E-state index < -0.39 is 0 Å². The summed E-state index contributed by atoms with van der Waals surface area (Å²) in [4.78, 5) is 28.0. The van der Waals surface area contributed by atoms with Crippen molar-refractivity contribution in [3.05, 3.63) is 89.7 Å². The summed E-state index contributed by atoms with van der Waals surface area (Å²) in [5.74, 6) is 0.149. The molecule has 0 atom stereocenters. The molecule has 0 radical (unpaired) electrons. The Morgan fingerprint density at radius 2 is 1.71 bits per heavy atom. The van der Waals surface area contributed by atoms with Crippen LogP contribution in [0.2, 0.25) is 0 Å². The lowest BCUT2D eigenvalue weighted by Gasteiger charge is -2.06. The zero-order valence-corrected chi connectivity index (χ0v) is 15.1. The van der Waals surface area contributed by atoms with Gasteiger partial charge in [-0.05, 0) is 54.1 Å². The molecule has 2 aromatic carbocycles. The van der Waals surface area contributed by atoms with E-state index in [1.807, 2.05) is 0 Å². The first-order valence-corrected chi connectivity index (χ1v) is 8.44. The van der Waals surface area contributed by atoms with Crippen molar-refractivity contribution in [1.82, 2.24) is 10.4 Å². The summed E-state index contributed by atoms with van der Waals surface area (Å²) in [6.07, 6.45) is 4.55. The first-order chi connectivity index (χ1) is 13.7. The Bertz CT molecular complexity index is 969. The number of benzene rings is 2. The van der Waals surface area contributed by atoms with Crippen molar-refractivity contribution in [3.8, 4) is 5.75 Å². The lowest BCUT2D eigenvalue weighted by atomic mass is 10.1. The number of nitrogens with one attached hydrogen (secondary N) is 2. The molecule has 2 amide bonds. The van der Waals surface area contributed by atoms with Crippen molar-refractivity contribution >= 4 is 23.7 Å². The van der Waals surface area contributed by atoms with Gasteiger partial charge in [0.25, 0.3) is 11.8 Å². The predicted molar refractivity (Wildman–Crippen MR) is 107 cm³/mol. The molecule has 0 fully saturated rings. The SMILES string of the molecule is COc1ccc(NC(=O)c2ccc(C=NNC(=O)c3cccnc3)cc2)cc1. The van der Waals surface area contributed by atoms with E-state index in [4.69, 9.17) is 4.74 Å². The molecule has 0 aliphatic carbocycles. The third-order valence-corrected chi connectivity index (χ3v) is 3.82. The van der Waals surface area contributed by atoms with E-state index in [2.05, 4.69) is 20.8 Å². The highest BCUT2D eigenvalue weighted by molar-refractivity contribution is 6.04. The first-order valence-electron chi connectivity index (χ1n) is 8.44. The lowest BCUT2D eigenvalue weighted by Crippen LogP contribution is -2.17. The minimum atomic E-state index is -0.347. The molecule has 3 rings (SSSR count). The fraction of sp³-hybridized carbons (Fsp3) is 0.0476. The molecule has 0 aliphatic heterocycles. The fourth-order valence-corrected chi connectivity index (χ4v) is 2.33. The molecule has 7 heteroatoms. The standard InChI is InChI=1S/C21H18N4O3/c1-28-19-10-8-18(9-11-19)24-20(26)16-6-4-15(5-7-16)13-23-25-21(27)17-3-2-12-22-14-17/h2-14H,1H3,(H,24,26)(H,25,27). The molecule has 2 N–H and O–H groups in total. The topological polar surface area (TPSA) is 92.7 Å². The molecule has 28 heavy (non-hydrogen) atoms. The van der Waals surface area contributed by atoms with Gasteiger partial charge in [-0.2, -0.15) is 5.10 Å². The van der Waals surface area contributed by atoms with Crippen LogP contribution in [0.1, 0.15) is 26.3 Å². The van der Waals surface area contributed by atoms with Crippen LogP contribution in [-0.2, 0) is 0 Å². The average molecular weight is 374 g/mol. The van der Waals surface area contributed by atoms with Crippen LogP contribution in [0.25, 0.3) is 0 Å². The summed E-state index contributed by atoms with van der Waals surface area (Å²) in [5.41, 5.74) is 4.77. The van der Waals surface area contributed by atoms with Gasteiger partial charge in [0, 0.05) is 23.6 Å². The van der Waals surface area contributed by atoms with Crippen LogP contribution in [0.4, 0.5) is 5.69 Å². The Balaban J connectivity index is 1.56. The number of methoxy groups -OCH3 is 1. The maximum absolute atomic E-state index is 12.3. The summed E-state index contributed by atoms with van der Waals surface area (Å²) in [6, 6.07) is 17.2. The normalized spacial score (nSPS) is 10.5. The number of nitrogens with zero attached hydrogens (tertiary/aromatic N) is 2. The number of ether oxygens (including phenoxy) is 1. The minimum absolute atomic E-state index is 0.224. The monoisotopic (exact) mass is 374 g/mol. The molecular formula is C21H18N4O3. The summed E-state index contributed by atoms with van der Waals surface area (Å²) in [6.45, 7) is 0. The van der Waals surface area contributed by atoms with Crippen LogP contribution in [0.5, 0.6) is 5.75 Å². The maximum Gasteiger partial charge on any atom is 0.272 e. The van der Waals surface area contributed by atoms with Gasteiger partial charge in [0.15, 0.2) is 0 Å². The number of hydrogen-bond donors (Lipinski definition) is 2. The van der Waals surface area contributed by atoms with Gasteiger partial charge in [-0.15, -0.1) is 0 Å². The van der Waals surface area contributed by atoms with E-state index in [1.54, 1.807) is 74.0 Å². The highest BCUT2D eigenvalue weighted by Crippen LogP contribution is 2.16. The molecule has 0 bridgehead atoms. The van der Waals surface area contributed by atoms with E-state index in [-0.39, 0.29) is 11.8 Å². The van der Waals surface area contributed by atoms with Crippen LogP contribution in [0, 0.1) is 0 Å². The van der Waals surface area contributed by atoms with Gasteiger partial charge in [-0.3, -0.25) is 14.6 Å². The van der Waals surface area contributed by atoms with Gasteiger partial charge >= 0.3 is 0 Å². The fourth-order valence-electron chi connectivity index (χ4n) is 2.33. The van der Waals surface area contributed by atoms with Crippen LogP contribution in [0.15, 0.2) is 78.2 Å². The van der Waals surface area contributed by atoms with Gasteiger partial charge in [-0.25, -0.2) is 5.43 Å². The second-order valence-electron chi connectivity index (χ2n) is 5.75. The number of carbonyl (C=O) groups is 2. The third-order valence-electron chi connectivity index (χ3n) is 3.82. The molecule has 0 saturated heterocycles. The molecule has 1 aromatic heterocycles. The summed E-state index contributed by atoms with van der Waals surface area (Å²) in [5, 5.41) is 6.73. The average Bonchev–Trinajstić information content (AvgIpc) is 2.75. The number of hydrazone groups is 1. The number of carbonyl (C=O) groups excluding carboxylic acids is 2. The number of hydrogen-bond acceptors (Lipinski definition) is 5. The zero-order chi connectivity index (χ0) is 19.8. The van der Waals surface area contributed by atoms with E-state index in [0.29, 0.717) is 16.8 Å². The van der Waals surface area contributed by atoms with Crippen molar-refractivity contribution in [1.29, 1.82) is 0 Å². The molecular weight excluding hydrogens is 356 g/mol. The van der Waals surface area contributed by atoms with E-state index in [9.17, 15) is 9.59 Å². The molecule has 140 valence electrons. The maximum atomic E-state index is 12.3. The Labute approximate surface area is 162 Å². The van der Waals surface area contributed by atoms with Gasteiger partial charge in [0.1, 0.15) is 5.75 Å². The highest BCUT2D eigenvalue weighted by atomic mass is 16.5. The van der Waals surface area contributed by atoms with Crippen molar-refractivity contribution in [2.75, 3.05) is 12.4 Å². The predicted octanol–water partition coefficient (Wildman–Crippen LogP) is 3.11. The van der Waals surface area contributed by atoms with Crippen molar-refractivity contribution in [3.63, 3.8) is 0 Å². The van der Waals surface area contributed by atoms with Crippen molar-refractivity contribution < 1.29 is 14.3 Å². The quantitative estimate of drug-likeness (QED) is 0.512. The van der Waals surface area contributed by atoms with Crippen molar-refractivity contribution in [2.24, 2.45) is 5.10 Å². The third kappa shape index (κ3) is 5.01.